The summed E-state index contributed by atoms with van der Waals surface area (Å²) in [7, 11) is 0. The predicted molar refractivity (Wildman–Crippen MR) is 222 cm³/mol. The number of fused-ring (bicyclic) bond motifs is 2. The molecule has 0 saturated heterocycles. The summed E-state index contributed by atoms with van der Waals surface area (Å²) in [6.45, 7) is 23.5. The summed E-state index contributed by atoms with van der Waals surface area (Å²) in [5.41, 5.74) is 17.8. The predicted octanol–water partition coefficient (Wildman–Crippen LogP) is 13.4. The van der Waals surface area contributed by atoms with Crippen LogP contribution in [0.15, 0.2) is 96.1 Å². The van der Waals surface area contributed by atoms with E-state index in [0.29, 0.717) is 13.2 Å². The zero-order chi connectivity index (χ0) is 34.1. The molecule has 4 aromatic rings. The molecule has 0 bridgehead atoms. The molecule has 0 radical (unpaired) electrons. The molecule has 3 unspecified atom stereocenters. The van der Waals surface area contributed by atoms with Crippen molar-refractivity contribution in [2.75, 3.05) is 0 Å². The number of hydrogen-bond donors (Lipinski definition) is 0. The molecule has 4 heteroatoms. The van der Waals surface area contributed by atoms with Gasteiger partial charge in [-0.25, -0.2) is 0 Å². The molecule has 0 heterocycles. The van der Waals surface area contributed by atoms with Crippen LogP contribution in [-0.2, 0) is 28.2 Å². The quantitative estimate of drug-likeness (QED) is 0.171. The topological polar surface area (TPSA) is 0 Å². The van der Waals surface area contributed by atoms with Crippen molar-refractivity contribution >= 4 is 43.8 Å². The Hall–Kier alpha value is -1.96. The fourth-order valence-corrected chi connectivity index (χ4v) is 29.4. The van der Waals surface area contributed by atoms with E-state index < -0.39 is 17.4 Å². The SMILES string of the molecule is CCC(C)C1=Cc2c(-c3ccc(C(C)(C)C)cc3)cccc2[CH]1[Zr]([CH3])([CH3])(=[SiH2])[CH]1C(C)=Cc2c(-c3ccc(C(C)(C)C)cc3)cccc21.Cl.Cl. The van der Waals surface area contributed by atoms with E-state index in [2.05, 4.69) is 176 Å². The Kier molecular flexibility index (Phi) is 11.3. The summed E-state index contributed by atoms with van der Waals surface area (Å²) < 4.78 is 6.59. The van der Waals surface area contributed by atoms with Crippen LogP contribution in [0.25, 0.3) is 34.4 Å². The summed E-state index contributed by atoms with van der Waals surface area (Å²) in [4.78, 5) is 0. The first kappa shape index (κ1) is 39.8. The van der Waals surface area contributed by atoms with Crippen molar-refractivity contribution in [2.45, 2.75) is 96.1 Å². The molecule has 0 spiro atoms. The van der Waals surface area contributed by atoms with Crippen LogP contribution in [0.1, 0.15) is 109 Å². The Morgan fingerprint density at radius 3 is 1.45 bits per heavy atom. The molecule has 2 aliphatic carbocycles. The van der Waals surface area contributed by atoms with Crippen LogP contribution in [0.5, 0.6) is 0 Å². The van der Waals surface area contributed by atoms with E-state index in [1.165, 1.54) is 50.9 Å². The van der Waals surface area contributed by atoms with Gasteiger partial charge in [-0.15, -0.1) is 24.8 Å². The Morgan fingerprint density at radius 2 is 1.04 bits per heavy atom. The van der Waals surface area contributed by atoms with E-state index in [-0.39, 0.29) is 35.6 Å². The maximum absolute atomic E-state index is 3.69. The first-order valence-corrected chi connectivity index (χ1v) is 31.5. The van der Waals surface area contributed by atoms with E-state index in [9.17, 15) is 0 Å². The molecular formula is C45H58Cl2SiZr. The van der Waals surface area contributed by atoms with Crippen LogP contribution in [0.4, 0.5) is 0 Å². The second-order valence-corrected chi connectivity index (χ2v) is 48.4. The first-order valence-electron chi connectivity index (χ1n) is 17.9. The van der Waals surface area contributed by atoms with Crippen molar-refractivity contribution in [3.8, 4) is 22.3 Å². The molecule has 4 aromatic carbocycles. The minimum Gasteiger partial charge on any atom is -0.147 e. The van der Waals surface area contributed by atoms with E-state index in [4.69, 9.17) is 0 Å². The van der Waals surface area contributed by atoms with Gasteiger partial charge in [-0.2, -0.15) is 0 Å². The summed E-state index contributed by atoms with van der Waals surface area (Å²) in [6.07, 6.45) is 6.36. The van der Waals surface area contributed by atoms with Crippen LogP contribution in [0.3, 0.4) is 0 Å². The van der Waals surface area contributed by atoms with Gasteiger partial charge in [0.15, 0.2) is 0 Å². The van der Waals surface area contributed by atoms with Gasteiger partial charge in [-0.1, -0.05) is 0 Å². The second-order valence-electron chi connectivity index (χ2n) is 17.9. The molecule has 260 valence electrons. The fourth-order valence-electron chi connectivity index (χ4n) is 8.93. The molecule has 0 aliphatic heterocycles. The maximum Gasteiger partial charge on any atom is -0.147 e. The van der Waals surface area contributed by atoms with E-state index in [1.54, 1.807) is 22.3 Å². The third kappa shape index (κ3) is 7.11. The Morgan fingerprint density at radius 1 is 0.633 bits per heavy atom. The second kappa shape index (κ2) is 13.9. The van der Waals surface area contributed by atoms with E-state index in [0.717, 1.165) is 0 Å². The first-order chi connectivity index (χ1) is 21.9. The number of rotatable bonds is 6. The normalized spacial score (nSPS) is 18.0. The van der Waals surface area contributed by atoms with Crippen molar-refractivity contribution in [1.29, 1.82) is 0 Å². The molecule has 0 aromatic heterocycles. The Balaban J connectivity index is 0.00000270. The minimum atomic E-state index is -3.69. The molecule has 0 amide bonds. The summed E-state index contributed by atoms with van der Waals surface area (Å²) in [6, 6.07) is 33.0. The average molecular weight is 789 g/mol. The van der Waals surface area contributed by atoms with Gasteiger partial charge in [-0.3, -0.25) is 0 Å². The van der Waals surface area contributed by atoms with Gasteiger partial charge in [-0.05, 0) is 0 Å². The average Bonchev–Trinajstić information content (AvgIpc) is 3.59. The van der Waals surface area contributed by atoms with Gasteiger partial charge in [0.05, 0.1) is 0 Å². The molecule has 0 nitrogen and oxygen atoms in total. The van der Waals surface area contributed by atoms with Gasteiger partial charge in [0, 0.05) is 0 Å². The van der Waals surface area contributed by atoms with Crippen LogP contribution in [0.2, 0.25) is 9.26 Å². The van der Waals surface area contributed by atoms with Crippen molar-refractivity contribution in [2.24, 2.45) is 5.92 Å². The third-order valence-corrected chi connectivity index (χ3v) is 29.2. The smallest absolute Gasteiger partial charge is 0.147 e. The largest absolute Gasteiger partial charge is 0.147 e. The molecular weight excluding hydrogens is 731 g/mol. The molecule has 3 atom stereocenters. The summed E-state index contributed by atoms with van der Waals surface area (Å²) in [5, 5.41) is 0. The zero-order valence-electron chi connectivity index (χ0n) is 31.7. The van der Waals surface area contributed by atoms with Gasteiger partial charge in [0.25, 0.3) is 0 Å². The maximum atomic E-state index is 2.78. The van der Waals surface area contributed by atoms with Crippen LogP contribution < -0.4 is 0 Å². The van der Waals surface area contributed by atoms with Crippen molar-refractivity contribution in [1.82, 2.24) is 0 Å². The molecule has 49 heavy (non-hydrogen) atoms. The standard InChI is InChI=1S/C23H27.C20H21.2CH3.2ClH.H2Si.Zr/c1-6-16(2)19-14-18-8-7-9-21(22(18)15-19)17-10-12-20(13-11-17)23(3,4)5;1-14-12-16-6-5-7-18(19(16)13-14)15-8-10-17(11-9-15)20(2,3)4;;;;;;/h7-16H,6H2,1-5H3;5-13H,1-4H3;2*1H3;2*1H;1H2;. The van der Waals surface area contributed by atoms with Gasteiger partial charge in [0.2, 0.25) is 0 Å². The molecule has 0 fully saturated rings. The number of allylic oxidation sites excluding steroid dienone is 2. The number of hydrogen-bond acceptors (Lipinski definition) is 0. The molecule has 6 rings (SSSR count). The van der Waals surface area contributed by atoms with Gasteiger partial charge < -0.3 is 0 Å². The van der Waals surface area contributed by atoms with Crippen LogP contribution in [0, 0.1) is 5.92 Å². The number of benzene rings is 4. The Labute approximate surface area is 312 Å². The van der Waals surface area contributed by atoms with Crippen molar-refractivity contribution in [3.05, 3.63) is 129 Å². The molecule has 0 saturated carbocycles. The molecule has 0 N–H and O–H groups in total. The number of halogens is 2. The summed E-state index contributed by atoms with van der Waals surface area (Å²) in [5.74, 6) is 0.554. The van der Waals surface area contributed by atoms with Gasteiger partial charge in [0.1, 0.15) is 0 Å². The van der Waals surface area contributed by atoms with Crippen molar-refractivity contribution < 1.29 is 17.4 Å². The van der Waals surface area contributed by atoms with Crippen LogP contribution >= 0.6 is 24.8 Å². The van der Waals surface area contributed by atoms with Crippen molar-refractivity contribution in [3.63, 3.8) is 0 Å². The van der Waals surface area contributed by atoms with Gasteiger partial charge >= 0.3 is 290 Å². The van der Waals surface area contributed by atoms with E-state index >= 15 is 0 Å². The Bertz CT molecular complexity index is 1980. The molecule has 2 aliphatic rings. The fraction of sp³-hybridized carbons (Fsp3) is 0.378. The minimum absolute atomic E-state index is 0. The van der Waals surface area contributed by atoms with E-state index in [1.807, 2.05) is 0 Å². The van der Waals surface area contributed by atoms with Crippen LogP contribution in [-0.4, -0.2) is 6.88 Å². The zero-order valence-corrected chi connectivity index (χ0v) is 37.2. The third-order valence-electron chi connectivity index (χ3n) is 11.6. The summed E-state index contributed by atoms with van der Waals surface area (Å²) >= 11 is -3.69. The monoisotopic (exact) mass is 786 g/mol.